The molecule has 1 N–H and O–H groups in total. The molecule has 0 aliphatic rings. The van der Waals surface area contributed by atoms with Crippen LogP contribution in [0.3, 0.4) is 0 Å². The van der Waals surface area contributed by atoms with Crippen molar-refractivity contribution in [2.24, 2.45) is 0 Å². The maximum Gasteiger partial charge on any atom is 0.354 e. The van der Waals surface area contributed by atoms with Crippen LogP contribution in [0.1, 0.15) is 27.6 Å². The van der Waals surface area contributed by atoms with E-state index < -0.39 is 5.97 Å². The molecular formula is C24H19N5O3. The van der Waals surface area contributed by atoms with Gasteiger partial charge in [0.25, 0.3) is 0 Å². The summed E-state index contributed by atoms with van der Waals surface area (Å²) in [5, 5.41) is 14.3. The monoisotopic (exact) mass is 425 g/mol. The van der Waals surface area contributed by atoms with Gasteiger partial charge in [-0.2, -0.15) is 0 Å². The van der Waals surface area contributed by atoms with Crippen LogP contribution in [-0.2, 0) is 6.54 Å². The molecule has 158 valence electrons. The predicted octanol–water partition coefficient (Wildman–Crippen LogP) is 4.51. The van der Waals surface area contributed by atoms with Crippen molar-refractivity contribution in [2.75, 3.05) is 0 Å². The lowest BCUT2D eigenvalue weighted by molar-refractivity contribution is 0.0690. The molecule has 0 saturated heterocycles. The highest BCUT2D eigenvalue weighted by molar-refractivity contribution is 5.97. The summed E-state index contributed by atoms with van der Waals surface area (Å²) in [5.41, 5.74) is 5.85. The van der Waals surface area contributed by atoms with Gasteiger partial charge in [0.2, 0.25) is 0 Å². The number of aromatic carboxylic acids is 1. The Bertz CT molecular complexity index is 1430. The summed E-state index contributed by atoms with van der Waals surface area (Å²) in [6.07, 6.45) is 7.05. The Hall–Kier alpha value is -4.33. The average molecular weight is 425 g/mol. The van der Waals surface area contributed by atoms with Crippen molar-refractivity contribution < 1.29 is 14.4 Å². The van der Waals surface area contributed by atoms with E-state index in [0.717, 1.165) is 50.4 Å². The number of fused-ring (bicyclic) bond motifs is 1. The topological polar surface area (TPSA) is 107 Å². The largest absolute Gasteiger partial charge is 0.477 e. The first-order chi connectivity index (χ1) is 15.5. The number of carboxylic acid groups (broad SMARTS) is 1. The maximum atomic E-state index is 11.5. The molecule has 0 bridgehead atoms. The third kappa shape index (κ3) is 3.41. The number of carbonyl (C=O) groups is 1. The van der Waals surface area contributed by atoms with Gasteiger partial charge < -0.3 is 14.2 Å². The van der Waals surface area contributed by atoms with Crippen molar-refractivity contribution in [3.05, 3.63) is 84.0 Å². The zero-order chi connectivity index (χ0) is 22.2. The average Bonchev–Trinajstić information content (AvgIpc) is 3.33. The fourth-order valence-electron chi connectivity index (χ4n) is 3.93. The third-order valence-electron chi connectivity index (χ3n) is 5.38. The lowest BCUT2D eigenvalue weighted by atomic mass is 10.0. The van der Waals surface area contributed by atoms with Gasteiger partial charge in [-0.1, -0.05) is 11.2 Å². The van der Waals surface area contributed by atoms with Crippen LogP contribution in [0.15, 0.2) is 65.7 Å². The first-order valence-corrected chi connectivity index (χ1v) is 10.0. The lowest BCUT2D eigenvalue weighted by Gasteiger charge is -2.05. The lowest BCUT2D eigenvalue weighted by Crippen LogP contribution is -2.01. The minimum atomic E-state index is -1.07. The number of nitrogens with zero attached hydrogens (tertiary/aromatic N) is 5. The standard InChI is InChI=1S/C24H19N5O3/c1-14-22(15(2)32-28-14)17-9-19-20(16-6-8-26-21(10-16)24(30)31)13-29(23(19)27-11-17)12-18-5-3-4-7-25-18/h3-11,13H,12H2,1-2H3,(H,30,31). The van der Waals surface area contributed by atoms with E-state index in [0.29, 0.717) is 6.54 Å². The summed E-state index contributed by atoms with van der Waals surface area (Å²) in [6, 6.07) is 11.2. The van der Waals surface area contributed by atoms with Crippen LogP contribution in [0.4, 0.5) is 0 Å². The highest BCUT2D eigenvalue weighted by Gasteiger charge is 2.18. The van der Waals surface area contributed by atoms with E-state index in [1.807, 2.05) is 55.1 Å². The predicted molar refractivity (Wildman–Crippen MR) is 118 cm³/mol. The van der Waals surface area contributed by atoms with Gasteiger partial charge in [0.15, 0.2) is 0 Å². The normalized spacial score (nSPS) is 11.2. The molecule has 0 unspecified atom stereocenters. The number of aryl methyl sites for hydroxylation is 2. The van der Waals surface area contributed by atoms with Gasteiger partial charge in [0.1, 0.15) is 17.1 Å². The molecule has 0 amide bonds. The molecular weight excluding hydrogens is 406 g/mol. The van der Waals surface area contributed by atoms with Gasteiger partial charge in [-0.25, -0.2) is 14.8 Å². The van der Waals surface area contributed by atoms with Crippen molar-refractivity contribution >= 4 is 17.0 Å². The molecule has 0 aromatic carbocycles. The first-order valence-electron chi connectivity index (χ1n) is 10.0. The van der Waals surface area contributed by atoms with Gasteiger partial charge in [0.05, 0.1) is 17.9 Å². The van der Waals surface area contributed by atoms with E-state index in [2.05, 4.69) is 15.1 Å². The Labute approximate surface area is 183 Å². The zero-order valence-corrected chi connectivity index (χ0v) is 17.5. The SMILES string of the molecule is Cc1noc(C)c1-c1cnc2c(c1)c(-c1ccnc(C(=O)O)c1)cn2Cc1ccccn1. The van der Waals surface area contributed by atoms with Gasteiger partial charge in [0, 0.05) is 46.9 Å². The van der Waals surface area contributed by atoms with E-state index >= 15 is 0 Å². The van der Waals surface area contributed by atoms with Gasteiger partial charge in [-0.05, 0) is 49.7 Å². The maximum absolute atomic E-state index is 11.5. The molecule has 0 fully saturated rings. The van der Waals surface area contributed by atoms with Gasteiger partial charge in [-0.15, -0.1) is 0 Å². The van der Waals surface area contributed by atoms with Crippen LogP contribution >= 0.6 is 0 Å². The fourth-order valence-corrected chi connectivity index (χ4v) is 3.93. The van der Waals surface area contributed by atoms with Gasteiger partial charge >= 0.3 is 5.97 Å². The van der Waals surface area contributed by atoms with E-state index in [-0.39, 0.29) is 5.69 Å². The summed E-state index contributed by atoms with van der Waals surface area (Å²) in [4.78, 5) is 24.6. The molecule has 8 heteroatoms. The molecule has 5 heterocycles. The Morgan fingerprint density at radius 1 is 1.06 bits per heavy atom. The molecule has 32 heavy (non-hydrogen) atoms. The quantitative estimate of drug-likeness (QED) is 0.441. The number of hydrogen-bond donors (Lipinski definition) is 1. The number of carboxylic acids is 1. The smallest absolute Gasteiger partial charge is 0.354 e. The Balaban J connectivity index is 1.72. The summed E-state index contributed by atoms with van der Waals surface area (Å²) in [5.74, 6) is -0.353. The number of aromatic nitrogens is 5. The van der Waals surface area contributed by atoms with Crippen molar-refractivity contribution in [3.63, 3.8) is 0 Å². The summed E-state index contributed by atoms with van der Waals surface area (Å²) in [7, 11) is 0. The second-order valence-electron chi connectivity index (χ2n) is 7.52. The van der Waals surface area contributed by atoms with Crippen LogP contribution in [-0.4, -0.2) is 35.8 Å². The molecule has 0 radical (unpaired) electrons. The Morgan fingerprint density at radius 2 is 1.94 bits per heavy atom. The minimum absolute atomic E-state index is 0.0111. The minimum Gasteiger partial charge on any atom is -0.477 e. The second-order valence-corrected chi connectivity index (χ2v) is 7.52. The Kier molecular flexibility index (Phi) is 4.74. The molecule has 5 rings (SSSR count). The molecule has 0 aliphatic carbocycles. The molecule has 0 spiro atoms. The van der Waals surface area contributed by atoms with Crippen molar-refractivity contribution in [1.82, 2.24) is 24.7 Å². The van der Waals surface area contributed by atoms with Gasteiger partial charge in [-0.3, -0.25) is 4.98 Å². The van der Waals surface area contributed by atoms with E-state index in [9.17, 15) is 9.90 Å². The molecule has 5 aromatic heterocycles. The molecule has 0 aliphatic heterocycles. The molecule has 0 atom stereocenters. The molecule has 0 saturated carbocycles. The van der Waals surface area contributed by atoms with Crippen LogP contribution in [0.2, 0.25) is 0 Å². The van der Waals surface area contributed by atoms with E-state index in [4.69, 9.17) is 9.51 Å². The number of rotatable bonds is 5. The van der Waals surface area contributed by atoms with Crippen LogP contribution in [0.25, 0.3) is 33.3 Å². The fraction of sp³-hybridized carbons (Fsp3) is 0.125. The number of pyridine rings is 3. The zero-order valence-electron chi connectivity index (χ0n) is 17.5. The van der Waals surface area contributed by atoms with Crippen LogP contribution in [0.5, 0.6) is 0 Å². The van der Waals surface area contributed by atoms with Crippen molar-refractivity contribution in [3.8, 4) is 22.3 Å². The Morgan fingerprint density at radius 3 is 2.66 bits per heavy atom. The number of hydrogen-bond acceptors (Lipinski definition) is 6. The summed E-state index contributed by atoms with van der Waals surface area (Å²) < 4.78 is 7.36. The first kappa shape index (κ1) is 19.6. The summed E-state index contributed by atoms with van der Waals surface area (Å²) in [6.45, 7) is 4.30. The van der Waals surface area contributed by atoms with E-state index in [1.54, 1.807) is 18.3 Å². The highest BCUT2D eigenvalue weighted by Crippen LogP contribution is 2.35. The molecule has 8 nitrogen and oxygen atoms in total. The highest BCUT2D eigenvalue weighted by atomic mass is 16.5. The van der Waals surface area contributed by atoms with E-state index in [1.165, 1.54) is 6.20 Å². The van der Waals surface area contributed by atoms with Crippen molar-refractivity contribution in [2.45, 2.75) is 20.4 Å². The third-order valence-corrected chi connectivity index (χ3v) is 5.38. The second kappa shape index (κ2) is 7.73. The van der Waals surface area contributed by atoms with Crippen LogP contribution in [0, 0.1) is 13.8 Å². The summed E-state index contributed by atoms with van der Waals surface area (Å²) >= 11 is 0. The van der Waals surface area contributed by atoms with Crippen molar-refractivity contribution in [1.29, 1.82) is 0 Å². The molecule has 5 aromatic rings. The van der Waals surface area contributed by atoms with Crippen LogP contribution < -0.4 is 0 Å².